The van der Waals surface area contributed by atoms with E-state index in [9.17, 15) is 4.79 Å². The maximum absolute atomic E-state index is 12.2. The molecule has 0 atom stereocenters. The van der Waals surface area contributed by atoms with Crippen LogP contribution in [0.5, 0.6) is 11.5 Å². The van der Waals surface area contributed by atoms with E-state index in [1.54, 1.807) is 7.11 Å². The number of carbonyl (C=O) groups excluding carboxylic acids is 1. The zero-order chi connectivity index (χ0) is 24.0. The van der Waals surface area contributed by atoms with Gasteiger partial charge in [-0.05, 0) is 37.1 Å². The summed E-state index contributed by atoms with van der Waals surface area (Å²) in [4.78, 5) is 17.2. The summed E-state index contributed by atoms with van der Waals surface area (Å²) < 4.78 is 11.5. The number of hydrogen-bond acceptors (Lipinski definition) is 5. The lowest BCUT2D eigenvalue weighted by Crippen LogP contribution is -2.46. The molecule has 0 aliphatic carbocycles. The standard InChI is InChI=1S/C28H41N3O3/c1-3-4-5-6-10-14-28(32)29-24-15-16-26(27(23-24)33-2)34-22-11-17-30-18-20-31(21-19-30)25-12-8-7-9-13-25/h7-9,12-13,15-16,23H,3-6,10-11,14,17-22H2,1-2H3,(H,29,32). The van der Waals surface area contributed by atoms with Gasteiger partial charge in [0.05, 0.1) is 13.7 Å². The van der Waals surface area contributed by atoms with Gasteiger partial charge in [-0.1, -0.05) is 50.8 Å². The molecule has 0 aromatic heterocycles. The van der Waals surface area contributed by atoms with Gasteiger partial charge in [0, 0.05) is 56.6 Å². The van der Waals surface area contributed by atoms with Gasteiger partial charge < -0.3 is 19.7 Å². The number of para-hydroxylation sites is 1. The molecule has 2 aromatic rings. The molecule has 1 aliphatic rings. The van der Waals surface area contributed by atoms with Crippen molar-refractivity contribution in [3.63, 3.8) is 0 Å². The Morgan fingerprint density at radius 2 is 1.68 bits per heavy atom. The minimum Gasteiger partial charge on any atom is -0.493 e. The lowest BCUT2D eigenvalue weighted by Gasteiger charge is -2.36. The Labute approximate surface area is 205 Å². The summed E-state index contributed by atoms with van der Waals surface area (Å²) in [5.41, 5.74) is 2.06. The zero-order valence-corrected chi connectivity index (χ0v) is 20.9. The van der Waals surface area contributed by atoms with Gasteiger partial charge in [0.15, 0.2) is 11.5 Å². The summed E-state index contributed by atoms with van der Waals surface area (Å²) in [6, 6.07) is 16.2. The first-order valence-electron chi connectivity index (χ1n) is 12.8. The molecule has 6 heteroatoms. The highest BCUT2D eigenvalue weighted by Gasteiger charge is 2.16. The Hall–Kier alpha value is -2.73. The van der Waals surface area contributed by atoms with Gasteiger partial charge in [-0.2, -0.15) is 0 Å². The number of ether oxygens (including phenoxy) is 2. The molecule has 1 N–H and O–H groups in total. The molecule has 186 valence electrons. The second-order valence-corrected chi connectivity index (χ2v) is 8.94. The summed E-state index contributed by atoms with van der Waals surface area (Å²) >= 11 is 0. The number of benzene rings is 2. The Bertz CT molecular complexity index is 851. The first kappa shape index (κ1) is 25.9. The van der Waals surface area contributed by atoms with Crippen molar-refractivity contribution in [1.29, 1.82) is 0 Å². The number of nitrogens with zero attached hydrogens (tertiary/aromatic N) is 2. The summed E-state index contributed by atoms with van der Waals surface area (Å²) in [7, 11) is 1.63. The van der Waals surface area contributed by atoms with Crippen LogP contribution in [0.2, 0.25) is 0 Å². The second-order valence-electron chi connectivity index (χ2n) is 8.94. The van der Waals surface area contributed by atoms with Gasteiger partial charge in [0.2, 0.25) is 5.91 Å². The van der Waals surface area contributed by atoms with Crippen LogP contribution in [-0.2, 0) is 4.79 Å². The van der Waals surface area contributed by atoms with Crippen LogP contribution in [0.3, 0.4) is 0 Å². The molecule has 1 aliphatic heterocycles. The minimum absolute atomic E-state index is 0.0552. The summed E-state index contributed by atoms with van der Waals surface area (Å²) in [5, 5.41) is 2.98. The smallest absolute Gasteiger partial charge is 0.224 e. The molecule has 1 amide bonds. The lowest BCUT2D eigenvalue weighted by atomic mass is 10.1. The van der Waals surface area contributed by atoms with Crippen LogP contribution in [0.4, 0.5) is 11.4 Å². The van der Waals surface area contributed by atoms with Crippen molar-refractivity contribution in [2.45, 2.75) is 51.9 Å². The minimum atomic E-state index is 0.0552. The maximum atomic E-state index is 12.2. The highest BCUT2D eigenvalue weighted by Crippen LogP contribution is 2.30. The number of unbranched alkanes of at least 4 members (excludes halogenated alkanes) is 4. The monoisotopic (exact) mass is 467 g/mol. The Kier molecular flexibility index (Phi) is 11.0. The highest BCUT2D eigenvalue weighted by atomic mass is 16.5. The predicted octanol–water partition coefficient (Wildman–Crippen LogP) is 5.59. The number of carbonyl (C=O) groups is 1. The molecule has 0 unspecified atom stereocenters. The quantitative estimate of drug-likeness (QED) is 0.367. The van der Waals surface area contributed by atoms with E-state index in [-0.39, 0.29) is 5.91 Å². The number of nitrogens with one attached hydrogen (secondary N) is 1. The second kappa shape index (κ2) is 14.5. The van der Waals surface area contributed by atoms with E-state index in [1.807, 2.05) is 18.2 Å². The van der Waals surface area contributed by atoms with E-state index in [0.717, 1.165) is 57.7 Å². The van der Waals surface area contributed by atoms with Crippen LogP contribution in [0.25, 0.3) is 0 Å². The van der Waals surface area contributed by atoms with E-state index in [0.29, 0.717) is 24.5 Å². The van der Waals surface area contributed by atoms with Crippen LogP contribution >= 0.6 is 0 Å². The lowest BCUT2D eigenvalue weighted by molar-refractivity contribution is -0.116. The van der Waals surface area contributed by atoms with Crippen molar-refractivity contribution in [2.75, 3.05) is 56.7 Å². The van der Waals surface area contributed by atoms with Gasteiger partial charge in [0.25, 0.3) is 0 Å². The largest absolute Gasteiger partial charge is 0.493 e. The number of anilines is 2. The molecular weight excluding hydrogens is 426 g/mol. The third-order valence-corrected chi connectivity index (χ3v) is 6.32. The maximum Gasteiger partial charge on any atom is 0.224 e. The molecule has 1 fully saturated rings. The van der Waals surface area contributed by atoms with Crippen molar-refractivity contribution in [2.24, 2.45) is 0 Å². The molecule has 0 radical (unpaired) electrons. The zero-order valence-electron chi connectivity index (χ0n) is 20.9. The normalized spacial score (nSPS) is 14.1. The van der Waals surface area contributed by atoms with Crippen molar-refractivity contribution >= 4 is 17.3 Å². The van der Waals surface area contributed by atoms with E-state index >= 15 is 0 Å². The Morgan fingerprint density at radius 3 is 2.41 bits per heavy atom. The van der Waals surface area contributed by atoms with Gasteiger partial charge in [-0.25, -0.2) is 0 Å². The molecule has 0 saturated carbocycles. The van der Waals surface area contributed by atoms with Crippen LogP contribution < -0.4 is 19.7 Å². The first-order chi connectivity index (χ1) is 16.7. The first-order valence-corrected chi connectivity index (χ1v) is 12.8. The van der Waals surface area contributed by atoms with Crippen molar-refractivity contribution in [3.8, 4) is 11.5 Å². The fourth-order valence-corrected chi connectivity index (χ4v) is 4.32. The van der Waals surface area contributed by atoms with Crippen LogP contribution in [0.1, 0.15) is 51.9 Å². The number of methoxy groups -OCH3 is 1. The average molecular weight is 468 g/mol. The number of rotatable bonds is 14. The summed E-state index contributed by atoms with van der Waals surface area (Å²) in [5.74, 6) is 1.42. The summed E-state index contributed by atoms with van der Waals surface area (Å²) in [6.07, 6.45) is 7.23. The van der Waals surface area contributed by atoms with E-state index < -0.39 is 0 Å². The molecule has 0 spiro atoms. The van der Waals surface area contributed by atoms with E-state index in [2.05, 4.69) is 52.4 Å². The van der Waals surface area contributed by atoms with Gasteiger partial charge in [0.1, 0.15) is 0 Å². The van der Waals surface area contributed by atoms with Crippen molar-refractivity contribution in [3.05, 3.63) is 48.5 Å². The Balaban J connectivity index is 1.35. The molecule has 1 heterocycles. The van der Waals surface area contributed by atoms with Gasteiger partial charge in [-0.15, -0.1) is 0 Å². The van der Waals surface area contributed by atoms with Gasteiger partial charge >= 0.3 is 0 Å². The summed E-state index contributed by atoms with van der Waals surface area (Å²) in [6.45, 7) is 8.13. The third-order valence-electron chi connectivity index (χ3n) is 6.32. The fourth-order valence-electron chi connectivity index (χ4n) is 4.32. The molecule has 2 aromatic carbocycles. The van der Waals surface area contributed by atoms with Crippen LogP contribution in [-0.4, -0.2) is 57.2 Å². The molecule has 6 nitrogen and oxygen atoms in total. The van der Waals surface area contributed by atoms with E-state index in [1.165, 1.54) is 24.9 Å². The van der Waals surface area contributed by atoms with Gasteiger partial charge in [-0.3, -0.25) is 9.69 Å². The molecule has 1 saturated heterocycles. The highest BCUT2D eigenvalue weighted by molar-refractivity contribution is 5.91. The predicted molar refractivity (Wildman–Crippen MR) is 140 cm³/mol. The molecular formula is C28H41N3O3. The molecule has 3 rings (SSSR count). The number of piperazine rings is 1. The van der Waals surface area contributed by atoms with Crippen LogP contribution in [0.15, 0.2) is 48.5 Å². The SMILES string of the molecule is CCCCCCCC(=O)Nc1ccc(OCCCN2CCN(c3ccccc3)CC2)c(OC)c1. The third kappa shape index (κ3) is 8.56. The number of hydrogen-bond donors (Lipinski definition) is 1. The fraction of sp³-hybridized carbons (Fsp3) is 0.536. The number of amides is 1. The average Bonchev–Trinajstić information content (AvgIpc) is 2.88. The topological polar surface area (TPSA) is 54.0 Å². The van der Waals surface area contributed by atoms with Crippen LogP contribution in [0, 0.1) is 0 Å². The Morgan fingerprint density at radius 1 is 0.912 bits per heavy atom. The van der Waals surface area contributed by atoms with Crippen molar-refractivity contribution < 1.29 is 14.3 Å². The molecule has 0 bridgehead atoms. The van der Waals surface area contributed by atoms with Crippen molar-refractivity contribution in [1.82, 2.24) is 4.90 Å². The van der Waals surface area contributed by atoms with E-state index in [4.69, 9.17) is 9.47 Å². The molecule has 34 heavy (non-hydrogen) atoms.